The maximum Gasteiger partial charge on any atom is 0.255 e. The van der Waals surface area contributed by atoms with Gasteiger partial charge in [-0.25, -0.2) is 4.98 Å². The molecule has 0 spiro atoms. The highest BCUT2D eigenvalue weighted by Gasteiger charge is 2.05. The maximum atomic E-state index is 5.66. The van der Waals surface area contributed by atoms with Crippen LogP contribution in [0.2, 0.25) is 0 Å². The van der Waals surface area contributed by atoms with Crippen molar-refractivity contribution >= 4 is 5.78 Å². The summed E-state index contributed by atoms with van der Waals surface area (Å²) < 4.78 is 7.27. The van der Waals surface area contributed by atoms with Crippen LogP contribution in [0, 0.1) is 6.92 Å². The smallest absolute Gasteiger partial charge is 0.255 e. The summed E-state index contributed by atoms with van der Waals surface area (Å²) in [7, 11) is 0. The van der Waals surface area contributed by atoms with E-state index in [4.69, 9.17) is 4.74 Å². The number of fused-ring (bicyclic) bond motifs is 1. The third-order valence-corrected chi connectivity index (χ3v) is 2.30. The van der Waals surface area contributed by atoms with Crippen LogP contribution in [0.4, 0.5) is 0 Å². The molecule has 0 unspecified atom stereocenters. The number of aromatic nitrogens is 4. The Morgan fingerprint density at radius 3 is 3.12 bits per heavy atom. The molecular weight excluding hydrogens is 218 g/mol. The average Bonchev–Trinajstić information content (AvgIpc) is 2.76. The van der Waals surface area contributed by atoms with Crippen LogP contribution in [-0.4, -0.2) is 39.3 Å². The minimum absolute atomic E-state index is 0.571. The van der Waals surface area contributed by atoms with E-state index in [1.54, 1.807) is 4.52 Å². The monoisotopic (exact) mass is 235 g/mol. The molecule has 2 heterocycles. The van der Waals surface area contributed by atoms with Gasteiger partial charge in [0.05, 0.1) is 0 Å². The lowest BCUT2D eigenvalue weighted by Crippen LogP contribution is -2.22. The van der Waals surface area contributed by atoms with E-state index < -0.39 is 0 Å². The maximum absolute atomic E-state index is 5.66. The minimum Gasteiger partial charge on any atom is -0.476 e. The van der Waals surface area contributed by atoms with Crippen LogP contribution in [0.3, 0.4) is 0 Å². The third kappa shape index (κ3) is 2.91. The Morgan fingerprint density at radius 2 is 2.29 bits per heavy atom. The van der Waals surface area contributed by atoms with Crippen LogP contribution in [0.5, 0.6) is 5.88 Å². The molecule has 0 saturated heterocycles. The second kappa shape index (κ2) is 5.58. The molecule has 0 radical (unpaired) electrons. The Hall–Kier alpha value is -1.69. The van der Waals surface area contributed by atoms with E-state index in [1.807, 2.05) is 13.0 Å². The van der Waals surface area contributed by atoms with Crippen molar-refractivity contribution in [2.75, 3.05) is 19.7 Å². The quantitative estimate of drug-likeness (QED) is 0.751. The molecule has 17 heavy (non-hydrogen) atoms. The van der Waals surface area contributed by atoms with Crippen LogP contribution in [-0.2, 0) is 0 Å². The fourth-order valence-corrected chi connectivity index (χ4v) is 1.53. The van der Waals surface area contributed by atoms with Crippen molar-refractivity contribution in [1.82, 2.24) is 24.9 Å². The highest BCUT2D eigenvalue weighted by molar-refractivity contribution is 5.32. The fraction of sp³-hybridized carbons (Fsp3) is 0.545. The molecule has 0 atom stereocenters. The van der Waals surface area contributed by atoms with Crippen LogP contribution >= 0.6 is 0 Å². The molecule has 6 nitrogen and oxygen atoms in total. The summed E-state index contributed by atoms with van der Waals surface area (Å²) in [5, 5.41) is 7.35. The lowest BCUT2D eigenvalue weighted by Gasteiger charge is -2.08. The molecule has 2 aromatic heterocycles. The van der Waals surface area contributed by atoms with Crippen molar-refractivity contribution in [3.63, 3.8) is 0 Å². The average molecular weight is 235 g/mol. The fourth-order valence-electron chi connectivity index (χ4n) is 1.53. The number of hydrogen-bond donors (Lipinski definition) is 1. The normalized spacial score (nSPS) is 10.9. The molecule has 0 amide bonds. The van der Waals surface area contributed by atoms with Gasteiger partial charge in [-0.1, -0.05) is 6.92 Å². The van der Waals surface area contributed by atoms with Crippen LogP contribution in [0.25, 0.3) is 5.78 Å². The zero-order chi connectivity index (χ0) is 12.1. The first-order chi connectivity index (χ1) is 8.31. The van der Waals surface area contributed by atoms with Crippen molar-refractivity contribution in [3.05, 3.63) is 18.1 Å². The number of nitrogens with zero attached hydrogens (tertiary/aromatic N) is 4. The van der Waals surface area contributed by atoms with Gasteiger partial charge in [-0.15, -0.1) is 0 Å². The zero-order valence-corrected chi connectivity index (χ0v) is 10.2. The van der Waals surface area contributed by atoms with E-state index >= 15 is 0 Å². The summed E-state index contributed by atoms with van der Waals surface area (Å²) in [6.07, 6.45) is 2.60. The van der Waals surface area contributed by atoms with Gasteiger partial charge in [-0.05, 0) is 19.9 Å². The van der Waals surface area contributed by atoms with Gasteiger partial charge in [0, 0.05) is 18.3 Å². The Kier molecular flexibility index (Phi) is 3.87. The molecule has 2 aromatic rings. The van der Waals surface area contributed by atoms with Crippen molar-refractivity contribution in [2.24, 2.45) is 0 Å². The summed E-state index contributed by atoms with van der Waals surface area (Å²) >= 11 is 0. The second-order valence-corrected chi connectivity index (χ2v) is 3.81. The van der Waals surface area contributed by atoms with Gasteiger partial charge in [-0.2, -0.15) is 14.6 Å². The predicted octanol–water partition coefficient (Wildman–Crippen LogP) is 0.811. The standard InChI is InChI=1S/C11H17N5O/c1-3-4-12-5-6-17-10-7-9(2)15-11-13-8-14-16(10)11/h7-8,12H,3-6H2,1-2H3. The lowest BCUT2D eigenvalue weighted by molar-refractivity contribution is 0.294. The zero-order valence-electron chi connectivity index (χ0n) is 10.2. The molecule has 0 aliphatic carbocycles. The van der Waals surface area contributed by atoms with Crippen molar-refractivity contribution in [2.45, 2.75) is 20.3 Å². The van der Waals surface area contributed by atoms with Gasteiger partial charge in [0.2, 0.25) is 5.88 Å². The first-order valence-corrected chi connectivity index (χ1v) is 5.82. The highest BCUT2D eigenvalue weighted by atomic mass is 16.5. The Morgan fingerprint density at radius 1 is 1.41 bits per heavy atom. The summed E-state index contributed by atoms with van der Waals surface area (Å²) in [6, 6.07) is 1.86. The minimum atomic E-state index is 0.571. The molecule has 1 N–H and O–H groups in total. The van der Waals surface area contributed by atoms with E-state index in [-0.39, 0.29) is 0 Å². The summed E-state index contributed by atoms with van der Waals surface area (Å²) in [5.41, 5.74) is 0.877. The molecule has 92 valence electrons. The molecule has 0 aromatic carbocycles. The molecule has 6 heteroatoms. The second-order valence-electron chi connectivity index (χ2n) is 3.81. The lowest BCUT2D eigenvalue weighted by atomic mass is 10.4. The first kappa shape index (κ1) is 11.8. The van der Waals surface area contributed by atoms with E-state index in [0.717, 1.165) is 25.2 Å². The molecule has 0 aliphatic rings. The Balaban J connectivity index is 2.00. The SMILES string of the molecule is CCCNCCOc1cc(C)nc2ncnn12. The van der Waals surface area contributed by atoms with E-state index in [1.165, 1.54) is 6.33 Å². The van der Waals surface area contributed by atoms with Crippen LogP contribution in [0.1, 0.15) is 19.0 Å². The van der Waals surface area contributed by atoms with Gasteiger partial charge >= 0.3 is 0 Å². The van der Waals surface area contributed by atoms with Crippen molar-refractivity contribution in [1.29, 1.82) is 0 Å². The van der Waals surface area contributed by atoms with E-state index in [9.17, 15) is 0 Å². The number of hydrogen-bond acceptors (Lipinski definition) is 5. The summed E-state index contributed by atoms with van der Waals surface area (Å²) in [4.78, 5) is 8.29. The topological polar surface area (TPSA) is 64.3 Å². The van der Waals surface area contributed by atoms with Gasteiger partial charge < -0.3 is 10.1 Å². The van der Waals surface area contributed by atoms with Crippen molar-refractivity contribution < 1.29 is 4.74 Å². The van der Waals surface area contributed by atoms with Gasteiger partial charge in [0.15, 0.2) is 0 Å². The predicted molar refractivity (Wildman–Crippen MR) is 64.2 cm³/mol. The molecule has 0 bridgehead atoms. The van der Waals surface area contributed by atoms with Gasteiger partial charge in [0.25, 0.3) is 5.78 Å². The van der Waals surface area contributed by atoms with Crippen LogP contribution in [0.15, 0.2) is 12.4 Å². The molecular formula is C11H17N5O. The number of aryl methyl sites for hydroxylation is 1. The number of ether oxygens (including phenoxy) is 1. The van der Waals surface area contributed by atoms with Gasteiger partial charge in [-0.3, -0.25) is 0 Å². The largest absolute Gasteiger partial charge is 0.476 e. The van der Waals surface area contributed by atoms with Gasteiger partial charge in [0.1, 0.15) is 12.9 Å². The highest BCUT2D eigenvalue weighted by Crippen LogP contribution is 2.12. The first-order valence-electron chi connectivity index (χ1n) is 5.82. The number of nitrogens with one attached hydrogen (secondary N) is 1. The molecule has 0 aliphatic heterocycles. The molecule has 2 rings (SSSR count). The third-order valence-electron chi connectivity index (χ3n) is 2.30. The number of rotatable bonds is 6. The summed E-state index contributed by atoms with van der Waals surface area (Å²) in [5.74, 6) is 1.25. The van der Waals surface area contributed by atoms with E-state index in [2.05, 4.69) is 27.3 Å². The van der Waals surface area contributed by atoms with E-state index in [0.29, 0.717) is 18.3 Å². The van der Waals surface area contributed by atoms with Crippen molar-refractivity contribution in [3.8, 4) is 5.88 Å². The summed E-state index contributed by atoms with van der Waals surface area (Å²) in [6.45, 7) is 6.50. The molecule has 0 fully saturated rings. The molecule has 0 saturated carbocycles. The Bertz CT molecular complexity index is 482. The van der Waals surface area contributed by atoms with Crippen LogP contribution < -0.4 is 10.1 Å². The Labute approximate surface area is 100 Å².